The molecule has 0 rings (SSSR count). The van der Waals surface area contributed by atoms with Gasteiger partial charge in [0.15, 0.2) is 0 Å². The van der Waals surface area contributed by atoms with Gasteiger partial charge in [-0.15, -0.1) is 0 Å². The van der Waals surface area contributed by atoms with Gasteiger partial charge in [0.1, 0.15) is 0 Å². The zero-order chi connectivity index (χ0) is 17.6. The van der Waals surface area contributed by atoms with Crippen LogP contribution in [0.15, 0.2) is 0 Å². The number of rotatable bonds is 11. The number of ether oxygens (including phenoxy) is 1. The maximum absolute atomic E-state index is 9.29. The van der Waals surface area contributed by atoms with Gasteiger partial charge in [0, 0.05) is 0 Å². The molecule has 7 N–H and O–H groups in total. The Morgan fingerprint density at radius 2 is 1.00 bits per heavy atom. The third kappa shape index (κ3) is 8.86. The predicted molar refractivity (Wildman–Crippen MR) is 79.7 cm³/mol. The molecule has 22 heavy (non-hydrogen) atoms. The molecule has 0 spiro atoms. The summed E-state index contributed by atoms with van der Waals surface area (Å²) in [7, 11) is 0. The maximum atomic E-state index is 9.29. The van der Waals surface area contributed by atoms with Gasteiger partial charge in [0.25, 0.3) is 0 Å². The van der Waals surface area contributed by atoms with Crippen LogP contribution in [0.25, 0.3) is 0 Å². The smallest absolute Gasteiger partial charge is 0.313 e. The lowest BCUT2D eigenvalue weighted by atomic mass is 9.91. The van der Waals surface area contributed by atoms with Crippen LogP contribution in [0.1, 0.15) is 0 Å². The summed E-state index contributed by atoms with van der Waals surface area (Å²) in [6.45, 7) is -3.01. The lowest BCUT2D eigenvalue weighted by Crippen LogP contribution is -2.43. The molecule has 0 aliphatic rings. The number of aliphatic hydroxyl groups is 6. The second kappa shape index (κ2) is 13.0. The summed E-state index contributed by atoms with van der Waals surface area (Å²) in [5.41, 5.74) is -2.32. The lowest BCUT2D eigenvalue weighted by Gasteiger charge is -2.31. The maximum Gasteiger partial charge on any atom is 0.313 e. The highest BCUT2D eigenvalue weighted by atomic mass is 32.1. The summed E-state index contributed by atoms with van der Waals surface area (Å²) in [5.74, 6) is -0.965. The molecule has 0 aromatic rings. The molecule has 0 aliphatic heterocycles. The quantitative estimate of drug-likeness (QED) is 0.181. The minimum Gasteiger partial charge on any atom is -0.481 e. The van der Waals surface area contributed by atoms with Crippen molar-refractivity contribution in [3.63, 3.8) is 0 Å². The van der Waals surface area contributed by atoms with Gasteiger partial charge < -0.3 is 40.5 Å². The molecule has 0 saturated heterocycles. The minimum atomic E-state index is -1.16. The van der Waals surface area contributed by atoms with Crippen molar-refractivity contribution < 1.29 is 45.3 Å². The van der Waals surface area contributed by atoms with Crippen LogP contribution in [-0.2, 0) is 9.53 Å². The molecule has 0 radical (unpaired) electrons. The Balaban J connectivity index is 0. The molecule has 0 atom stereocenters. The summed E-state index contributed by atoms with van der Waals surface area (Å²) < 4.78 is 5.15. The largest absolute Gasteiger partial charge is 0.481 e. The molecule has 0 aromatic carbocycles. The summed E-state index contributed by atoms with van der Waals surface area (Å²) in [6.07, 6.45) is 0. The normalized spacial score (nSPS) is 11.8. The van der Waals surface area contributed by atoms with E-state index in [9.17, 15) is 4.79 Å². The van der Waals surface area contributed by atoms with Crippen LogP contribution in [-0.4, -0.2) is 100 Å². The molecule has 0 heterocycles. The highest BCUT2D eigenvalue weighted by Gasteiger charge is 2.32. The van der Waals surface area contributed by atoms with E-state index in [1.807, 2.05) is 0 Å². The molecule has 0 bridgehead atoms. The Morgan fingerprint density at radius 1 is 0.773 bits per heavy atom. The molecule has 0 aromatic heterocycles. The molecule has 0 unspecified atom stereocenters. The van der Waals surface area contributed by atoms with E-state index in [-0.39, 0.29) is 19.0 Å². The first-order chi connectivity index (χ1) is 10.3. The Hall–Kier alpha value is -0.460. The Kier molecular flexibility index (Phi) is 14.1. The summed E-state index contributed by atoms with van der Waals surface area (Å²) in [5, 5.41) is 61.8. The standard InChI is InChI=1S/C10H22O7.C2H4O2S/c11-1-9(2-12,3-13)7-17-8-10(4-14,5-15)6-16;3-2(4)1-5/h11-16H,1-8H2;5H,1H2,(H,3,4). The lowest BCUT2D eigenvalue weighted by molar-refractivity contribution is -0.133. The van der Waals surface area contributed by atoms with Crippen LogP contribution in [0.3, 0.4) is 0 Å². The third-order valence-electron chi connectivity index (χ3n) is 2.96. The predicted octanol–water partition coefficient (Wildman–Crippen LogP) is -3.07. The molecule has 0 amide bonds. The fraction of sp³-hybridized carbons (Fsp3) is 0.917. The summed E-state index contributed by atoms with van der Waals surface area (Å²) in [6, 6.07) is 0. The van der Waals surface area contributed by atoms with Crippen molar-refractivity contribution in [2.24, 2.45) is 10.8 Å². The Bertz CT molecular complexity index is 243. The topological polar surface area (TPSA) is 168 Å². The van der Waals surface area contributed by atoms with Crippen molar-refractivity contribution in [2.75, 3.05) is 58.6 Å². The first-order valence-corrected chi connectivity index (χ1v) is 7.03. The summed E-state index contributed by atoms with van der Waals surface area (Å²) in [4.78, 5) is 9.29. The first kappa shape index (κ1) is 23.8. The van der Waals surface area contributed by atoms with Crippen LogP contribution in [0.2, 0.25) is 0 Å². The molecule has 0 fully saturated rings. The van der Waals surface area contributed by atoms with E-state index in [0.29, 0.717) is 0 Å². The molecule has 9 nitrogen and oxygen atoms in total. The molecular weight excluding hydrogens is 320 g/mol. The number of carboxylic acids is 1. The SMILES string of the molecule is O=C(O)CS.OCC(CO)(CO)COCC(CO)(CO)CO. The number of aliphatic hydroxyl groups excluding tert-OH is 6. The Morgan fingerprint density at radius 3 is 1.14 bits per heavy atom. The van der Waals surface area contributed by atoms with Crippen molar-refractivity contribution in [1.29, 1.82) is 0 Å². The van der Waals surface area contributed by atoms with E-state index in [0.717, 1.165) is 0 Å². The zero-order valence-electron chi connectivity index (χ0n) is 12.3. The van der Waals surface area contributed by atoms with E-state index < -0.39 is 56.4 Å². The minimum absolute atomic E-state index is 0.0833. The van der Waals surface area contributed by atoms with Gasteiger partial charge in [-0.1, -0.05) is 0 Å². The van der Waals surface area contributed by atoms with Gasteiger partial charge in [-0.25, -0.2) is 0 Å². The van der Waals surface area contributed by atoms with Crippen molar-refractivity contribution in [2.45, 2.75) is 0 Å². The molecule has 0 saturated carbocycles. The number of carbonyl (C=O) groups is 1. The summed E-state index contributed by atoms with van der Waals surface area (Å²) >= 11 is 3.42. The average Bonchev–Trinajstić information content (AvgIpc) is 2.57. The van der Waals surface area contributed by atoms with Crippen molar-refractivity contribution >= 4 is 18.6 Å². The molecule has 134 valence electrons. The molecule has 0 aliphatic carbocycles. The highest BCUT2D eigenvalue weighted by Crippen LogP contribution is 2.19. The van der Waals surface area contributed by atoms with Gasteiger partial charge >= 0.3 is 5.97 Å². The fourth-order valence-electron chi connectivity index (χ4n) is 1.06. The van der Waals surface area contributed by atoms with Crippen molar-refractivity contribution in [1.82, 2.24) is 0 Å². The number of hydrogen-bond acceptors (Lipinski definition) is 9. The van der Waals surface area contributed by atoms with Crippen LogP contribution < -0.4 is 0 Å². The second-order valence-corrected chi connectivity index (χ2v) is 5.31. The third-order valence-corrected chi connectivity index (χ3v) is 3.23. The number of carboxylic acid groups (broad SMARTS) is 1. The van der Waals surface area contributed by atoms with E-state index in [2.05, 4.69) is 12.6 Å². The van der Waals surface area contributed by atoms with Crippen LogP contribution in [0.4, 0.5) is 0 Å². The highest BCUT2D eigenvalue weighted by molar-refractivity contribution is 7.81. The van der Waals surface area contributed by atoms with E-state index in [1.165, 1.54) is 0 Å². The van der Waals surface area contributed by atoms with Gasteiger partial charge in [0.05, 0.1) is 69.4 Å². The molecule has 10 heteroatoms. The fourth-order valence-corrected chi connectivity index (χ4v) is 1.06. The molecular formula is C12H26O9S. The number of hydrogen-bond donors (Lipinski definition) is 8. The van der Waals surface area contributed by atoms with E-state index >= 15 is 0 Å². The van der Waals surface area contributed by atoms with E-state index in [1.54, 1.807) is 0 Å². The zero-order valence-corrected chi connectivity index (χ0v) is 13.2. The average molecular weight is 346 g/mol. The van der Waals surface area contributed by atoms with Crippen LogP contribution >= 0.6 is 12.6 Å². The number of thiol groups is 1. The van der Waals surface area contributed by atoms with Crippen LogP contribution in [0.5, 0.6) is 0 Å². The Labute approximate surface area is 134 Å². The second-order valence-electron chi connectivity index (χ2n) is 4.99. The van der Waals surface area contributed by atoms with Gasteiger partial charge in [-0.2, -0.15) is 12.6 Å². The van der Waals surface area contributed by atoms with Crippen LogP contribution in [0, 0.1) is 10.8 Å². The monoisotopic (exact) mass is 346 g/mol. The van der Waals surface area contributed by atoms with Gasteiger partial charge in [-0.3, -0.25) is 4.79 Å². The van der Waals surface area contributed by atoms with Gasteiger partial charge in [0.2, 0.25) is 0 Å². The first-order valence-electron chi connectivity index (χ1n) is 6.40. The van der Waals surface area contributed by atoms with Crippen molar-refractivity contribution in [3.05, 3.63) is 0 Å². The number of aliphatic carboxylic acids is 1. The van der Waals surface area contributed by atoms with Gasteiger partial charge in [-0.05, 0) is 0 Å². The van der Waals surface area contributed by atoms with Crippen molar-refractivity contribution in [3.8, 4) is 0 Å². The van der Waals surface area contributed by atoms with E-state index in [4.69, 9.17) is 40.5 Å².